The minimum Gasteiger partial charge on any atom is -0.468 e. The van der Waals surface area contributed by atoms with Crippen LogP contribution in [0.4, 0.5) is 0 Å². The molecule has 0 aromatic heterocycles. The van der Waals surface area contributed by atoms with Crippen molar-refractivity contribution in [1.29, 1.82) is 0 Å². The van der Waals surface area contributed by atoms with E-state index in [1.807, 2.05) is 13.0 Å². The van der Waals surface area contributed by atoms with Gasteiger partial charge in [-0.05, 0) is 39.4 Å². The van der Waals surface area contributed by atoms with Crippen LogP contribution in [-0.2, 0) is 14.0 Å². The van der Waals surface area contributed by atoms with E-state index in [1.165, 1.54) is 7.11 Å². The smallest absolute Gasteiger partial charge is 0.315 e. The molecule has 0 spiro atoms. The van der Waals surface area contributed by atoms with Crippen LogP contribution >= 0.6 is 0 Å². The Labute approximate surface area is 123 Å². The van der Waals surface area contributed by atoms with E-state index in [0.29, 0.717) is 12.8 Å². The molecule has 0 saturated heterocycles. The summed E-state index contributed by atoms with van der Waals surface area (Å²) in [7, 11) is -0.358. The summed E-state index contributed by atoms with van der Waals surface area (Å²) in [5.74, 6) is -0.219. The Kier molecular flexibility index (Phi) is 4.82. The van der Waals surface area contributed by atoms with Gasteiger partial charge in [-0.2, -0.15) is 0 Å². The number of carbonyl (C=O) groups is 1. The zero-order chi connectivity index (χ0) is 15.6. The number of carbonyl (C=O) groups excluding carboxylic acids is 1. The largest absolute Gasteiger partial charge is 0.468 e. The minimum absolute atomic E-state index is 0.219. The van der Waals surface area contributed by atoms with Gasteiger partial charge in [0.1, 0.15) is 5.41 Å². The lowest BCUT2D eigenvalue weighted by Gasteiger charge is -2.28. The number of allylic oxidation sites excluding steroid dienone is 3. The highest BCUT2D eigenvalue weighted by Crippen LogP contribution is 2.63. The maximum Gasteiger partial charge on any atom is 0.315 e. The molecule has 0 aromatic rings. The van der Waals surface area contributed by atoms with E-state index < -0.39 is 19.3 Å². The van der Waals surface area contributed by atoms with Gasteiger partial charge >= 0.3 is 5.97 Å². The van der Waals surface area contributed by atoms with Crippen molar-refractivity contribution in [2.45, 2.75) is 45.0 Å². The SMILES string of the molecule is C=C/C(C)=C\C[C@@]1(C(=O)OC)C[C@@]1(C=C)O[Si](C)(C)C. The van der Waals surface area contributed by atoms with Crippen molar-refractivity contribution in [3.05, 3.63) is 37.0 Å². The highest BCUT2D eigenvalue weighted by atomic mass is 28.4. The molecule has 1 saturated carbocycles. The first-order valence-corrected chi connectivity index (χ1v) is 10.3. The van der Waals surface area contributed by atoms with Crippen LogP contribution in [0.2, 0.25) is 19.6 Å². The molecule has 0 amide bonds. The van der Waals surface area contributed by atoms with Crippen LogP contribution in [0.15, 0.2) is 37.0 Å². The molecule has 2 atom stereocenters. The van der Waals surface area contributed by atoms with Crippen molar-refractivity contribution in [3.63, 3.8) is 0 Å². The van der Waals surface area contributed by atoms with Crippen LogP contribution < -0.4 is 0 Å². The molecule has 0 unspecified atom stereocenters. The second-order valence-corrected chi connectivity index (χ2v) is 10.8. The third-order valence-electron chi connectivity index (χ3n) is 3.74. The normalized spacial score (nSPS) is 29.8. The lowest BCUT2D eigenvalue weighted by molar-refractivity contribution is -0.149. The van der Waals surface area contributed by atoms with Gasteiger partial charge in [0.2, 0.25) is 0 Å². The molecule has 0 radical (unpaired) electrons. The summed E-state index contributed by atoms with van der Waals surface area (Å²) in [6.07, 6.45) is 6.81. The quantitative estimate of drug-likeness (QED) is 0.310. The van der Waals surface area contributed by atoms with Gasteiger partial charge in [-0.15, -0.1) is 6.58 Å². The number of esters is 1. The third kappa shape index (κ3) is 3.12. The predicted octanol–water partition coefficient (Wildman–Crippen LogP) is 3.85. The van der Waals surface area contributed by atoms with Crippen LogP contribution in [0.25, 0.3) is 0 Å². The highest BCUT2D eigenvalue weighted by Gasteiger charge is 2.72. The van der Waals surface area contributed by atoms with Crippen LogP contribution in [0.1, 0.15) is 19.8 Å². The van der Waals surface area contributed by atoms with E-state index in [1.54, 1.807) is 12.2 Å². The second kappa shape index (κ2) is 5.70. The fraction of sp³-hybridized carbons (Fsp3) is 0.562. The second-order valence-electron chi connectivity index (χ2n) is 6.41. The molecular formula is C16H26O3Si. The summed E-state index contributed by atoms with van der Waals surface area (Å²) in [5.41, 5.74) is -0.164. The summed E-state index contributed by atoms with van der Waals surface area (Å²) < 4.78 is 11.3. The molecule has 1 aliphatic rings. The highest BCUT2D eigenvalue weighted by molar-refractivity contribution is 6.69. The van der Waals surface area contributed by atoms with E-state index in [9.17, 15) is 4.79 Å². The van der Waals surface area contributed by atoms with Crippen molar-refractivity contribution in [3.8, 4) is 0 Å². The van der Waals surface area contributed by atoms with E-state index >= 15 is 0 Å². The van der Waals surface area contributed by atoms with Crippen molar-refractivity contribution >= 4 is 14.3 Å². The van der Waals surface area contributed by atoms with Crippen molar-refractivity contribution in [2.24, 2.45) is 5.41 Å². The molecule has 1 fully saturated rings. The Morgan fingerprint density at radius 3 is 2.35 bits per heavy atom. The van der Waals surface area contributed by atoms with Crippen LogP contribution in [0.3, 0.4) is 0 Å². The van der Waals surface area contributed by atoms with Crippen molar-refractivity contribution in [1.82, 2.24) is 0 Å². The molecule has 0 aromatic carbocycles. The maximum absolute atomic E-state index is 12.3. The maximum atomic E-state index is 12.3. The molecule has 3 nitrogen and oxygen atoms in total. The Morgan fingerprint density at radius 2 is 1.95 bits per heavy atom. The van der Waals surface area contributed by atoms with Gasteiger partial charge in [0.05, 0.1) is 12.7 Å². The molecular weight excluding hydrogens is 268 g/mol. The summed E-state index contributed by atoms with van der Waals surface area (Å²) in [4.78, 5) is 12.3. The standard InChI is InChI=1S/C16H26O3Si/c1-8-13(3)10-11-15(14(17)18-4)12-16(15,9-2)19-20(5,6)7/h8-10H,1-2,11-12H2,3-7H3/b13-10-/t15-,16+/m0/s1. The van der Waals surface area contributed by atoms with Gasteiger partial charge in [-0.3, -0.25) is 4.79 Å². The van der Waals surface area contributed by atoms with E-state index in [4.69, 9.17) is 9.16 Å². The number of hydrogen-bond donors (Lipinski definition) is 0. The van der Waals surface area contributed by atoms with E-state index in [-0.39, 0.29) is 5.97 Å². The molecule has 0 N–H and O–H groups in total. The lowest BCUT2D eigenvalue weighted by atomic mass is 9.95. The molecule has 0 bridgehead atoms. The van der Waals surface area contributed by atoms with Crippen LogP contribution in [-0.4, -0.2) is 27.0 Å². The molecule has 112 valence electrons. The van der Waals surface area contributed by atoms with Gasteiger partial charge in [-0.1, -0.05) is 30.4 Å². The Hall–Kier alpha value is -1.13. The topological polar surface area (TPSA) is 35.5 Å². The molecule has 4 heteroatoms. The monoisotopic (exact) mass is 294 g/mol. The Bertz CT molecular complexity index is 447. The summed E-state index contributed by atoms with van der Waals surface area (Å²) >= 11 is 0. The fourth-order valence-corrected chi connectivity index (χ4v) is 4.02. The number of hydrogen-bond acceptors (Lipinski definition) is 3. The predicted molar refractivity (Wildman–Crippen MR) is 85.0 cm³/mol. The third-order valence-corrected chi connectivity index (χ3v) is 4.71. The number of methoxy groups -OCH3 is 1. The van der Waals surface area contributed by atoms with Gasteiger partial charge in [0.15, 0.2) is 8.32 Å². The van der Waals surface area contributed by atoms with Crippen molar-refractivity contribution < 1.29 is 14.0 Å². The van der Waals surface area contributed by atoms with Crippen molar-refractivity contribution in [2.75, 3.05) is 7.11 Å². The summed E-state index contributed by atoms with van der Waals surface area (Å²) in [6.45, 7) is 15.9. The van der Waals surface area contributed by atoms with Crippen LogP contribution in [0, 0.1) is 5.41 Å². The summed E-state index contributed by atoms with van der Waals surface area (Å²) in [6, 6.07) is 0. The zero-order valence-corrected chi connectivity index (χ0v) is 14.3. The molecule has 0 aliphatic heterocycles. The zero-order valence-electron chi connectivity index (χ0n) is 13.3. The first kappa shape index (κ1) is 16.9. The summed E-state index contributed by atoms with van der Waals surface area (Å²) in [5, 5.41) is 0. The molecule has 0 heterocycles. The van der Waals surface area contributed by atoms with E-state index in [2.05, 4.69) is 32.8 Å². The van der Waals surface area contributed by atoms with Gasteiger partial charge in [-0.25, -0.2) is 0 Å². The fourth-order valence-electron chi connectivity index (χ4n) is 2.58. The first-order valence-electron chi connectivity index (χ1n) is 6.88. The molecule has 1 rings (SSSR count). The molecule has 1 aliphatic carbocycles. The number of ether oxygens (including phenoxy) is 1. The van der Waals surface area contributed by atoms with Gasteiger partial charge < -0.3 is 9.16 Å². The van der Waals surface area contributed by atoms with E-state index in [0.717, 1.165) is 5.57 Å². The van der Waals surface area contributed by atoms with Gasteiger partial charge in [0.25, 0.3) is 0 Å². The Morgan fingerprint density at radius 1 is 1.35 bits per heavy atom. The first-order chi connectivity index (χ1) is 9.16. The van der Waals surface area contributed by atoms with Gasteiger partial charge in [0, 0.05) is 0 Å². The average molecular weight is 294 g/mol. The minimum atomic E-state index is -1.78. The number of rotatable bonds is 7. The average Bonchev–Trinajstić information content (AvgIpc) is 3.02. The van der Waals surface area contributed by atoms with Crippen LogP contribution in [0.5, 0.6) is 0 Å². The lowest BCUT2D eigenvalue weighted by Crippen LogP contribution is -2.38. The Balaban J connectivity index is 3.08. The molecule has 20 heavy (non-hydrogen) atoms.